The Morgan fingerprint density at radius 1 is 1.08 bits per heavy atom. The summed E-state index contributed by atoms with van der Waals surface area (Å²) in [5.41, 5.74) is 6.34. The zero-order valence-electron chi connectivity index (χ0n) is 22.6. The highest BCUT2D eigenvalue weighted by molar-refractivity contribution is 7.22. The molecular formula is C32H30N2O4S. The number of amides is 1. The zero-order valence-corrected chi connectivity index (χ0v) is 23.4. The Kier molecular flexibility index (Phi) is 6.07. The molecule has 0 saturated carbocycles. The second-order valence-corrected chi connectivity index (χ2v) is 11.9. The van der Waals surface area contributed by atoms with Crippen molar-refractivity contribution in [1.29, 1.82) is 0 Å². The van der Waals surface area contributed by atoms with E-state index in [1.165, 1.54) is 16.2 Å². The van der Waals surface area contributed by atoms with Crippen LogP contribution in [0.25, 0.3) is 16.0 Å². The first kappa shape index (κ1) is 25.3. The van der Waals surface area contributed by atoms with E-state index in [9.17, 15) is 14.7 Å². The second kappa shape index (κ2) is 9.35. The van der Waals surface area contributed by atoms with Crippen LogP contribution in [0.2, 0.25) is 0 Å². The van der Waals surface area contributed by atoms with Crippen LogP contribution in [0.5, 0.6) is 5.75 Å². The third-order valence-corrected chi connectivity index (χ3v) is 8.56. The average molecular weight is 539 g/mol. The van der Waals surface area contributed by atoms with E-state index < -0.39 is 17.7 Å². The van der Waals surface area contributed by atoms with Gasteiger partial charge in [0, 0.05) is 12.0 Å². The molecular weight excluding hydrogens is 508 g/mol. The van der Waals surface area contributed by atoms with Crippen molar-refractivity contribution in [3.05, 3.63) is 93.6 Å². The highest BCUT2D eigenvalue weighted by Crippen LogP contribution is 2.45. The van der Waals surface area contributed by atoms with Crippen molar-refractivity contribution in [1.82, 2.24) is 4.98 Å². The number of anilines is 1. The summed E-state index contributed by atoms with van der Waals surface area (Å²) in [5, 5.41) is 12.0. The van der Waals surface area contributed by atoms with E-state index in [1.54, 1.807) is 6.07 Å². The summed E-state index contributed by atoms with van der Waals surface area (Å²) in [4.78, 5) is 33.5. The first-order valence-electron chi connectivity index (χ1n) is 13.2. The summed E-state index contributed by atoms with van der Waals surface area (Å²) in [6, 6.07) is 16.6. The van der Waals surface area contributed by atoms with Gasteiger partial charge in [-0.15, -0.1) is 0 Å². The molecule has 2 aliphatic rings. The van der Waals surface area contributed by atoms with Gasteiger partial charge in [-0.05, 0) is 78.8 Å². The maximum atomic E-state index is 13.6. The Balaban J connectivity index is 1.54. The van der Waals surface area contributed by atoms with Crippen molar-refractivity contribution < 1.29 is 19.4 Å². The molecule has 2 atom stereocenters. The van der Waals surface area contributed by atoms with Crippen LogP contribution < -0.4 is 9.64 Å². The topological polar surface area (TPSA) is 79.7 Å². The number of ketones is 1. The van der Waals surface area contributed by atoms with Gasteiger partial charge in [0.05, 0.1) is 21.8 Å². The van der Waals surface area contributed by atoms with Crippen LogP contribution in [0.15, 0.2) is 60.2 Å². The highest BCUT2D eigenvalue weighted by Gasteiger charge is 2.48. The molecule has 3 aromatic carbocycles. The van der Waals surface area contributed by atoms with Crippen molar-refractivity contribution in [2.45, 2.75) is 59.1 Å². The average Bonchev–Trinajstić information content (AvgIpc) is 3.56. The van der Waals surface area contributed by atoms with Crippen molar-refractivity contribution in [3.8, 4) is 5.75 Å². The fraction of sp³-hybridized carbons (Fsp3) is 0.281. The highest BCUT2D eigenvalue weighted by atomic mass is 32.1. The Hall–Kier alpha value is -3.97. The predicted molar refractivity (Wildman–Crippen MR) is 155 cm³/mol. The third kappa shape index (κ3) is 4.21. The lowest BCUT2D eigenvalue weighted by Gasteiger charge is -2.23. The molecule has 6 rings (SSSR count). The molecule has 0 radical (unpaired) electrons. The van der Waals surface area contributed by atoms with Crippen molar-refractivity contribution in [2.75, 3.05) is 4.90 Å². The van der Waals surface area contributed by atoms with Crippen molar-refractivity contribution in [3.63, 3.8) is 0 Å². The first-order valence-corrected chi connectivity index (χ1v) is 14.0. The SMILES string of the molecule is Cc1cc(C)c2nc(N3C(=O)C(=O)C(=C(O)c4ccc5c(c4)C[C@H](C)O5)[C@@H]3c3ccc(C(C)C)cc3)sc2c1. The molecule has 39 heavy (non-hydrogen) atoms. The predicted octanol–water partition coefficient (Wildman–Crippen LogP) is 6.99. The molecule has 1 N–H and O–H groups in total. The number of rotatable bonds is 4. The van der Waals surface area contributed by atoms with Crippen LogP contribution in [-0.4, -0.2) is 27.9 Å². The lowest BCUT2D eigenvalue weighted by atomic mass is 9.93. The van der Waals surface area contributed by atoms with Crippen molar-refractivity contribution >= 4 is 44.1 Å². The molecule has 7 heteroatoms. The van der Waals surface area contributed by atoms with Crippen LogP contribution >= 0.6 is 11.3 Å². The number of aryl methyl sites for hydroxylation is 2. The van der Waals surface area contributed by atoms with Gasteiger partial charge in [0.15, 0.2) is 5.13 Å². The van der Waals surface area contributed by atoms with E-state index in [2.05, 4.69) is 19.9 Å². The number of aromatic nitrogens is 1. The Morgan fingerprint density at radius 3 is 2.54 bits per heavy atom. The fourth-order valence-electron chi connectivity index (χ4n) is 5.60. The van der Waals surface area contributed by atoms with Crippen molar-refractivity contribution in [2.24, 2.45) is 0 Å². The number of nitrogens with zero attached hydrogens (tertiary/aromatic N) is 2. The number of aliphatic hydroxyl groups excluding tert-OH is 1. The standard InChI is InChI=1S/C32H30N2O4S/c1-16(2)20-6-8-21(9-7-20)28-26(29(35)22-10-11-24-23(15-22)14-19(5)38-24)30(36)31(37)34(28)32-33-27-18(4)12-17(3)13-25(27)39-32/h6-13,15-16,19,28,35H,14H2,1-5H3/t19-,28-/m0/s1. The largest absolute Gasteiger partial charge is 0.507 e. The quantitative estimate of drug-likeness (QED) is 0.172. The molecule has 1 saturated heterocycles. The van der Waals surface area contributed by atoms with Gasteiger partial charge < -0.3 is 9.84 Å². The van der Waals surface area contributed by atoms with E-state index in [0.717, 1.165) is 50.2 Å². The van der Waals surface area contributed by atoms with E-state index in [0.29, 0.717) is 16.6 Å². The molecule has 0 spiro atoms. The lowest BCUT2D eigenvalue weighted by Crippen LogP contribution is -2.29. The molecule has 1 fully saturated rings. The molecule has 1 aromatic heterocycles. The van der Waals surface area contributed by atoms with Gasteiger partial charge in [-0.25, -0.2) is 4.98 Å². The lowest BCUT2D eigenvalue weighted by molar-refractivity contribution is -0.132. The van der Waals surface area contributed by atoms with Crippen LogP contribution in [0.1, 0.15) is 66.1 Å². The summed E-state index contributed by atoms with van der Waals surface area (Å²) < 4.78 is 6.76. The molecule has 2 aliphatic heterocycles. The van der Waals surface area contributed by atoms with Crippen LogP contribution in [0, 0.1) is 13.8 Å². The number of thiazole rings is 1. The number of benzene rings is 3. The number of hydrogen-bond donors (Lipinski definition) is 1. The molecule has 198 valence electrons. The normalized spacial score (nSPS) is 20.2. The number of carbonyl (C=O) groups is 2. The van der Waals surface area contributed by atoms with Gasteiger partial charge in [-0.1, -0.05) is 55.5 Å². The molecule has 4 aromatic rings. The molecule has 6 nitrogen and oxygen atoms in total. The van der Waals surface area contributed by atoms with Gasteiger partial charge >= 0.3 is 5.91 Å². The maximum Gasteiger partial charge on any atom is 0.301 e. The van der Waals surface area contributed by atoms with Gasteiger partial charge in [0.2, 0.25) is 0 Å². The Bertz CT molecular complexity index is 1680. The van der Waals surface area contributed by atoms with Crippen LogP contribution in [0.3, 0.4) is 0 Å². The molecule has 0 unspecified atom stereocenters. The summed E-state index contributed by atoms with van der Waals surface area (Å²) in [7, 11) is 0. The molecule has 0 bridgehead atoms. The molecule has 3 heterocycles. The van der Waals surface area contributed by atoms with E-state index in [4.69, 9.17) is 9.72 Å². The number of Topliss-reactive ketones (excluding diaryl/α,β-unsaturated/α-hetero) is 1. The number of hydrogen-bond acceptors (Lipinski definition) is 6. The summed E-state index contributed by atoms with van der Waals surface area (Å²) in [6.45, 7) is 10.2. The number of ether oxygens (including phenoxy) is 1. The summed E-state index contributed by atoms with van der Waals surface area (Å²) >= 11 is 1.38. The number of fused-ring (bicyclic) bond motifs is 2. The van der Waals surface area contributed by atoms with Gasteiger partial charge in [0.25, 0.3) is 5.78 Å². The van der Waals surface area contributed by atoms with Gasteiger partial charge in [0.1, 0.15) is 17.6 Å². The number of aliphatic hydroxyl groups is 1. The Labute approximate surface area is 231 Å². The van der Waals surface area contributed by atoms with Crippen LogP contribution in [0.4, 0.5) is 5.13 Å². The first-order chi connectivity index (χ1) is 18.6. The molecule has 0 aliphatic carbocycles. The van der Waals surface area contributed by atoms with E-state index in [-0.39, 0.29) is 17.4 Å². The van der Waals surface area contributed by atoms with Crippen LogP contribution in [-0.2, 0) is 16.0 Å². The summed E-state index contributed by atoms with van der Waals surface area (Å²) in [6.07, 6.45) is 0.767. The van der Waals surface area contributed by atoms with Gasteiger partial charge in [-0.2, -0.15) is 0 Å². The minimum Gasteiger partial charge on any atom is -0.507 e. The Morgan fingerprint density at radius 2 is 1.82 bits per heavy atom. The maximum absolute atomic E-state index is 13.6. The molecule has 1 amide bonds. The number of carbonyl (C=O) groups excluding carboxylic acids is 2. The summed E-state index contributed by atoms with van der Waals surface area (Å²) in [5.74, 6) is -0.495. The smallest absolute Gasteiger partial charge is 0.301 e. The zero-order chi connectivity index (χ0) is 27.6. The fourth-order valence-corrected chi connectivity index (χ4v) is 6.76. The third-order valence-electron chi connectivity index (χ3n) is 7.56. The minimum atomic E-state index is -0.809. The second-order valence-electron chi connectivity index (χ2n) is 10.9. The van der Waals surface area contributed by atoms with Gasteiger partial charge in [-0.3, -0.25) is 14.5 Å². The van der Waals surface area contributed by atoms with E-state index in [1.807, 2.05) is 63.2 Å². The van der Waals surface area contributed by atoms with E-state index >= 15 is 0 Å². The minimum absolute atomic E-state index is 0.0496. The monoisotopic (exact) mass is 538 g/mol.